The summed E-state index contributed by atoms with van der Waals surface area (Å²) in [6.45, 7) is 9.43. The van der Waals surface area contributed by atoms with Gasteiger partial charge >= 0.3 is 0 Å². The third-order valence-corrected chi connectivity index (χ3v) is 2.93. The van der Waals surface area contributed by atoms with E-state index in [0.717, 1.165) is 0 Å². The Kier molecular flexibility index (Phi) is 4.75. The van der Waals surface area contributed by atoms with Gasteiger partial charge in [-0.3, -0.25) is 0 Å². The summed E-state index contributed by atoms with van der Waals surface area (Å²) in [5, 5.41) is 0. The fraction of sp³-hybridized carbons (Fsp3) is 0.467. The van der Waals surface area contributed by atoms with Crippen LogP contribution in [0.3, 0.4) is 0 Å². The molecule has 0 spiro atoms. The summed E-state index contributed by atoms with van der Waals surface area (Å²) in [7, 11) is 0. The first kappa shape index (κ1) is 13.0. The minimum absolute atomic E-state index is 0.523. The lowest BCUT2D eigenvalue weighted by Crippen LogP contribution is -2.08. The molecule has 1 heteroatoms. The van der Waals surface area contributed by atoms with Gasteiger partial charge in [0.1, 0.15) is 0 Å². The molecule has 1 rings (SSSR count). The monoisotopic (exact) mass is 217 g/mol. The van der Waals surface area contributed by atoms with Crippen molar-refractivity contribution in [2.24, 2.45) is 11.7 Å². The topological polar surface area (TPSA) is 26.0 Å². The zero-order valence-electron chi connectivity index (χ0n) is 10.8. The van der Waals surface area contributed by atoms with E-state index in [9.17, 15) is 0 Å². The van der Waals surface area contributed by atoms with Crippen molar-refractivity contribution in [3.63, 3.8) is 0 Å². The van der Waals surface area contributed by atoms with Crippen LogP contribution in [-0.4, -0.2) is 6.54 Å². The second-order valence-electron chi connectivity index (χ2n) is 4.90. The first-order chi connectivity index (χ1) is 7.54. The van der Waals surface area contributed by atoms with Crippen LogP contribution in [0.1, 0.15) is 44.7 Å². The van der Waals surface area contributed by atoms with Crippen LogP contribution in [-0.2, 0) is 0 Å². The van der Waals surface area contributed by atoms with Gasteiger partial charge in [-0.05, 0) is 23.0 Å². The number of benzene rings is 1. The van der Waals surface area contributed by atoms with Gasteiger partial charge in [0.15, 0.2) is 0 Å². The minimum Gasteiger partial charge on any atom is -0.327 e. The number of hydrogen-bond acceptors (Lipinski definition) is 1. The van der Waals surface area contributed by atoms with Gasteiger partial charge in [-0.1, -0.05) is 63.6 Å². The van der Waals surface area contributed by atoms with E-state index >= 15 is 0 Å². The standard InChI is InChI=1S/C15H23N/c1-11(2)14-7-5-13(6-8-14)9-15(10-16)12(3)4/h5-9,11-12H,10,16H2,1-4H3. The van der Waals surface area contributed by atoms with Crippen molar-refractivity contribution >= 4 is 6.08 Å². The number of nitrogens with two attached hydrogens (primary N) is 1. The molecule has 0 fully saturated rings. The highest BCUT2D eigenvalue weighted by atomic mass is 14.5. The summed E-state index contributed by atoms with van der Waals surface area (Å²) < 4.78 is 0. The maximum Gasteiger partial charge on any atom is 0.0142 e. The van der Waals surface area contributed by atoms with Crippen LogP contribution >= 0.6 is 0 Å². The summed E-state index contributed by atoms with van der Waals surface area (Å²) in [6.07, 6.45) is 2.20. The average Bonchev–Trinajstić information content (AvgIpc) is 2.26. The Morgan fingerprint density at radius 1 is 1.12 bits per heavy atom. The molecule has 0 saturated heterocycles. The van der Waals surface area contributed by atoms with Gasteiger partial charge in [-0.2, -0.15) is 0 Å². The van der Waals surface area contributed by atoms with E-state index < -0.39 is 0 Å². The van der Waals surface area contributed by atoms with E-state index in [2.05, 4.69) is 58.0 Å². The molecule has 0 aliphatic carbocycles. The van der Waals surface area contributed by atoms with Crippen molar-refractivity contribution < 1.29 is 0 Å². The molecule has 1 aromatic rings. The highest BCUT2D eigenvalue weighted by molar-refractivity contribution is 5.54. The molecule has 88 valence electrons. The summed E-state index contributed by atoms with van der Waals surface area (Å²) in [5.74, 6) is 1.12. The molecule has 0 aromatic heterocycles. The molecule has 0 aliphatic rings. The van der Waals surface area contributed by atoms with Crippen LogP contribution in [0.2, 0.25) is 0 Å². The Morgan fingerprint density at radius 2 is 1.69 bits per heavy atom. The third kappa shape index (κ3) is 3.49. The van der Waals surface area contributed by atoms with E-state index in [-0.39, 0.29) is 0 Å². The van der Waals surface area contributed by atoms with Gasteiger partial charge in [-0.25, -0.2) is 0 Å². The van der Waals surface area contributed by atoms with Gasteiger partial charge < -0.3 is 5.73 Å². The van der Waals surface area contributed by atoms with Gasteiger partial charge in [0.25, 0.3) is 0 Å². The Balaban J connectivity index is 2.89. The Bertz CT molecular complexity index is 344. The Hall–Kier alpha value is -1.08. The van der Waals surface area contributed by atoms with Crippen LogP contribution in [0.5, 0.6) is 0 Å². The fourth-order valence-corrected chi connectivity index (χ4v) is 1.65. The lowest BCUT2D eigenvalue weighted by Gasteiger charge is -2.09. The van der Waals surface area contributed by atoms with Crippen LogP contribution in [0.15, 0.2) is 29.8 Å². The van der Waals surface area contributed by atoms with Crippen LogP contribution < -0.4 is 5.73 Å². The van der Waals surface area contributed by atoms with Crippen molar-refractivity contribution in [1.29, 1.82) is 0 Å². The largest absolute Gasteiger partial charge is 0.327 e. The maximum atomic E-state index is 5.73. The molecular weight excluding hydrogens is 194 g/mol. The molecule has 1 nitrogen and oxygen atoms in total. The van der Waals surface area contributed by atoms with Crippen LogP contribution in [0, 0.1) is 5.92 Å². The molecule has 1 aromatic carbocycles. The lowest BCUT2D eigenvalue weighted by atomic mass is 9.98. The zero-order chi connectivity index (χ0) is 12.1. The predicted molar refractivity (Wildman–Crippen MR) is 72.4 cm³/mol. The Labute approximate surface area is 99.4 Å². The van der Waals surface area contributed by atoms with E-state index in [4.69, 9.17) is 5.73 Å². The van der Waals surface area contributed by atoms with Crippen molar-refractivity contribution in [1.82, 2.24) is 0 Å². The maximum absolute atomic E-state index is 5.73. The summed E-state index contributed by atoms with van der Waals surface area (Å²) in [5.41, 5.74) is 9.67. The third-order valence-electron chi connectivity index (χ3n) is 2.93. The van der Waals surface area contributed by atoms with Gasteiger partial charge in [0.05, 0.1) is 0 Å². The lowest BCUT2D eigenvalue weighted by molar-refractivity contribution is 0.752. The van der Waals surface area contributed by atoms with Gasteiger partial charge in [-0.15, -0.1) is 0 Å². The predicted octanol–water partition coefficient (Wildman–Crippen LogP) is 3.81. The summed E-state index contributed by atoms with van der Waals surface area (Å²) in [6, 6.07) is 8.75. The molecule has 0 radical (unpaired) electrons. The van der Waals surface area contributed by atoms with E-state index in [1.165, 1.54) is 16.7 Å². The van der Waals surface area contributed by atoms with Crippen molar-refractivity contribution in [3.8, 4) is 0 Å². The molecule has 2 N–H and O–H groups in total. The molecule has 0 unspecified atom stereocenters. The summed E-state index contributed by atoms with van der Waals surface area (Å²) in [4.78, 5) is 0. The van der Waals surface area contributed by atoms with Crippen LogP contribution in [0.4, 0.5) is 0 Å². The highest BCUT2D eigenvalue weighted by Gasteiger charge is 2.02. The summed E-state index contributed by atoms with van der Waals surface area (Å²) >= 11 is 0. The molecule has 0 bridgehead atoms. The van der Waals surface area contributed by atoms with E-state index in [1.807, 2.05) is 0 Å². The number of rotatable bonds is 4. The van der Waals surface area contributed by atoms with E-state index in [0.29, 0.717) is 18.4 Å². The quantitative estimate of drug-likeness (QED) is 0.815. The SMILES string of the molecule is CC(C)C(=Cc1ccc(C(C)C)cc1)CN. The van der Waals surface area contributed by atoms with Gasteiger partial charge in [0, 0.05) is 6.54 Å². The van der Waals surface area contributed by atoms with Crippen molar-refractivity contribution in [2.45, 2.75) is 33.6 Å². The number of hydrogen-bond donors (Lipinski definition) is 1. The second kappa shape index (κ2) is 5.86. The van der Waals surface area contributed by atoms with Crippen LogP contribution in [0.25, 0.3) is 6.08 Å². The normalized spacial score (nSPS) is 12.6. The molecule has 16 heavy (non-hydrogen) atoms. The molecule has 0 heterocycles. The van der Waals surface area contributed by atoms with Crippen molar-refractivity contribution in [3.05, 3.63) is 41.0 Å². The molecule has 0 saturated carbocycles. The zero-order valence-corrected chi connectivity index (χ0v) is 10.8. The fourth-order valence-electron chi connectivity index (χ4n) is 1.65. The molecular formula is C15H23N. The molecule has 0 amide bonds. The Morgan fingerprint density at radius 3 is 2.06 bits per heavy atom. The highest BCUT2D eigenvalue weighted by Crippen LogP contribution is 2.18. The molecule has 0 aliphatic heterocycles. The van der Waals surface area contributed by atoms with E-state index in [1.54, 1.807) is 0 Å². The smallest absolute Gasteiger partial charge is 0.0142 e. The molecule has 0 atom stereocenters. The minimum atomic E-state index is 0.523. The van der Waals surface area contributed by atoms with Gasteiger partial charge in [0.2, 0.25) is 0 Å². The first-order valence-electron chi connectivity index (χ1n) is 6.05. The average molecular weight is 217 g/mol. The van der Waals surface area contributed by atoms with Crippen molar-refractivity contribution in [2.75, 3.05) is 6.54 Å². The second-order valence-corrected chi connectivity index (χ2v) is 4.90. The first-order valence-corrected chi connectivity index (χ1v) is 6.05.